The van der Waals surface area contributed by atoms with Gasteiger partial charge in [0.25, 0.3) is 0 Å². The highest BCUT2D eigenvalue weighted by molar-refractivity contribution is 6.10. The molecule has 0 bridgehead atoms. The zero-order valence-corrected chi connectivity index (χ0v) is 32.8. The second-order valence-corrected chi connectivity index (χ2v) is 16.2. The standard InChI is InChI=1S/C55H38N4/c1-55(2)46-23-11-6-18-40(46)41-29-28-36(32-47(41)55)54-56-48(35-16-4-3-5-17-35)34-49(57-54)37-30-38(58-50-24-12-7-19-42(50)43-20-8-13-25-51(43)58)33-39(31-37)59-52-26-14-9-21-44(52)45-22-10-15-27-53(45)59/h3-34H,1-2H3. The van der Waals surface area contributed by atoms with Crippen LogP contribution in [0.4, 0.5) is 0 Å². The lowest BCUT2D eigenvalue weighted by Gasteiger charge is -2.22. The summed E-state index contributed by atoms with van der Waals surface area (Å²) in [6.07, 6.45) is 0. The van der Waals surface area contributed by atoms with Gasteiger partial charge in [-0.1, -0.05) is 153 Å². The van der Waals surface area contributed by atoms with Gasteiger partial charge in [0, 0.05) is 55.0 Å². The highest BCUT2D eigenvalue weighted by Gasteiger charge is 2.35. The first-order valence-electron chi connectivity index (χ1n) is 20.3. The van der Waals surface area contributed by atoms with Crippen LogP contribution in [-0.2, 0) is 5.41 Å². The molecule has 0 atom stereocenters. The molecule has 59 heavy (non-hydrogen) atoms. The van der Waals surface area contributed by atoms with Crippen molar-refractivity contribution in [2.24, 2.45) is 0 Å². The monoisotopic (exact) mass is 754 g/mol. The first-order chi connectivity index (χ1) is 29.0. The van der Waals surface area contributed by atoms with Crippen molar-refractivity contribution in [3.63, 3.8) is 0 Å². The fourth-order valence-electron chi connectivity index (χ4n) is 9.73. The SMILES string of the molecule is CC1(C)c2ccccc2-c2ccc(-c3nc(-c4ccccc4)cc(-c4cc(-n5c6ccccc6c6ccccc65)cc(-n5c6ccccc6c6ccccc65)c4)n3)cc21. The predicted octanol–water partition coefficient (Wildman–Crippen LogP) is 14.0. The summed E-state index contributed by atoms with van der Waals surface area (Å²) in [7, 11) is 0. The summed E-state index contributed by atoms with van der Waals surface area (Å²) in [5, 5.41) is 4.90. The minimum atomic E-state index is -0.143. The van der Waals surface area contributed by atoms with E-state index in [9.17, 15) is 0 Å². The van der Waals surface area contributed by atoms with Gasteiger partial charge in [0.2, 0.25) is 0 Å². The van der Waals surface area contributed by atoms with E-state index in [0.717, 1.165) is 61.5 Å². The third kappa shape index (κ3) is 5.09. The van der Waals surface area contributed by atoms with Crippen LogP contribution >= 0.6 is 0 Å². The zero-order valence-electron chi connectivity index (χ0n) is 32.8. The Morgan fingerprint density at radius 3 is 1.37 bits per heavy atom. The van der Waals surface area contributed by atoms with Crippen LogP contribution in [0.15, 0.2) is 194 Å². The average Bonchev–Trinajstić information content (AvgIpc) is 3.89. The molecular weight excluding hydrogens is 717 g/mol. The van der Waals surface area contributed by atoms with Crippen LogP contribution in [0, 0.1) is 0 Å². The van der Waals surface area contributed by atoms with E-state index in [1.54, 1.807) is 0 Å². The Labute approximate surface area is 342 Å². The van der Waals surface area contributed by atoms with Crippen molar-refractivity contribution in [2.75, 3.05) is 0 Å². The molecule has 0 saturated heterocycles. The lowest BCUT2D eigenvalue weighted by atomic mass is 9.82. The van der Waals surface area contributed by atoms with Crippen LogP contribution in [0.3, 0.4) is 0 Å². The molecule has 0 radical (unpaired) electrons. The molecular formula is C55H38N4. The first kappa shape index (κ1) is 33.6. The summed E-state index contributed by atoms with van der Waals surface area (Å²) >= 11 is 0. The number of nitrogens with zero attached hydrogens (tertiary/aromatic N) is 4. The molecule has 3 heterocycles. The highest BCUT2D eigenvalue weighted by Crippen LogP contribution is 2.49. The highest BCUT2D eigenvalue weighted by atomic mass is 15.0. The number of hydrogen-bond acceptors (Lipinski definition) is 2. The molecule has 0 unspecified atom stereocenters. The summed E-state index contributed by atoms with van der Waals surface area (Å²) < 4.78 is 4.82. The molecule has 1 aliphatic rings. The topological polar surface area (TPSA) is 35.6 Å². The summed E-state index contributed by atoms with van der Waals surface area (Å²) in [6, 6.07) is 70.0. The van der Waals surface area contributed by atoms with Crippen molar-refractivity contribution in [1.82, 2.24) is 19.1 Å². The molecule has 12 rings (SSSR count). The van der Waals surface area contributed by atoms with Gasteiger partial charge in [0.1, 0.15) is 0 Å². The first-order valence-corrected chi connectivity index (χ1v) is 20.3. The van der Waals surface area contributed by atoms with Crippen LogP contribution in [-0.4, -0.2) is 19.1 Å². The van der Waals surface area contributed by atoms with Crippen molar-refractivity contribution in [3.05, 3.63) is 205 Å². The van der Waals surface area contributed by atoms with Crippen LogP contribution in [0.5, 0.6) is 0 Å². The van der Waals surface area contributed by atoms with E-state index < -0.39 is 0 Å². The van der Waals surface area contributed by atoms with Gasteiger partial charge < -0.3 is 9.13 Å². The fraction of sp³-hybridized carbons (Fsp3) is 0.0545. The van der Waals surface area contributed by atoms with Gasteiger partial charge in [0.05, 0.1) is 33.5 Å². The minimum Gasteiger partial charge on any atom is -0.309 e. The Balaban J connectivity index is 1.14. The van der Waals surface area contributed by atoms with E-state index in [-0.39, 0.29) is 5.41 Å². The smallest absolute Gasteiger partial charge is 0.160 e. The summed E-state index contributed by atoms with van der Waals surface area (Å²) in [4.78, 5) is 10.8. The maximum absolute atomic E-state index is 5.49. The maximum atomic E-state index is 5.49. The number of para-hydroxylation sites is 4. The Bertz CT molecular complexity index is 3240. The van der Waals surface area contributed by atoms with Crippen LogP contribution in [0.2, 0.25) is 0 Å². The Kier molecular flexibility index (Phi) is 7.24. The molecule has 0 amide bonds. The predicted molar refractivity (Wildman–Crippen MR) is 245 cm³/mol. The zero-order chi connectivity index (χ0) is 39.2. The molecule has 0 fully saturated rings. The van der Waals surface area contributed by atoms with Crippen molar-refractivity contribution in [1.29, 1.82) is 0 Å². The number of benzene rings is 8. The molecule has 0 saturated carbocycles. The van der Waals surface area contributed by atoms with E-state index in [2.05, 4.69) is 217 Å². The molecule has 0 spiro atoms. The number of rotatable bonds is 5. The van der Waals surface area contributed by atoms with E-state index in [1.807, 2.05) is 0 Å². The lowest BCUT2D eigenvalue weighted by molar-refractivity contribution is 0.660. The summed E-state index contributed by atoms with van der Waals surface area (Å²) in [5.74, 6) is 0.705. The Morgan fingerprint density at radius 2 is 0.814 bits per heavy atom. The van der Waals surface area contributed by atoms with Gasteiger partial charge in [-0.2, -0.15) is 0 Å². The van der Waals surface area contributed by atoms with Crippen LogP contribution in [0.25, 0.3) is 100 Å². The van der Waals surface area contributed by atoms with Crippen LogP contribution < -0.4 is 0 Å². The third-order valence-corrected chi connectivity index (χ3v) is 12.5. The van der Waals surface area contributed by atoms with Gasteiger partial charge >= 0.3 is 0 Å². The maximum Gasteiger partial charge on any atom is 0.160 e. The summed E-state index contributed by atoms with van der Waals surface area (Å²) in [6.45, 7) is 4.65. The van der Waals surface area contributed by atoms with E-state index >= 15 is 0 Å². The number of aromatic nitrogens is 4. The Hall–Kier alpha value is -7.56. The van der Waals surface area contributed by atoms with E-state index in [4.69, 9.17) is 9.97 Å². The largest absolute Gasteiger partial charge is 0.309 e. The molecule has 3 aromatic heterocycles. The molecule has 0 aliphatic heterocycles. The quantitative estimate of drug-likeness (QED) is 0.175. The summed E-state index contributed by atoms with van der Waals surface area (Å²) in [5.41, 5.74) is 16.7. The van der Waals surface area contributed by atoms with Gasteiger partial charge in [-0.25, -0.2) is 9.97 Å². The lowest BCUT2D eigenvalue weighted by Crippen LogP contribution is -2.15. The molecule has 4 heteroatoms. The average molecular weight is 755 g/mol. The van der Waals surface area contributed by atoms with E-state index in [1.165, 1.54) is 43.8 Å². The second-order valence-electron chi connectivity index (χ2n) is 16.2. The second kappa shape index (κ2) is 12.7. The molecule has 278 valence electrons. The fourth-order valence-corrected chi connectivity index (χ4v) is 9.73. The van der Waals surface area contributed by atoms with Gasteiger partial charge in [-0.15, -0.1) is 0 Å². The number of hydrogen-bond donors (Lipinski definition) is 0. The molecule has 8 aromatic carbocycles. The van der Waals surface area contributed by atoms with Gasteiger partial charge in [-0.05, 0) is 76.9 Å². The van der Waals surface area contributed by atoms with Gasteiger partial charge in [-0.3, -0.25) is 0 Å². The Morgan fingerprint density at radius 1 is 0.356 bits per heavy atom. The van der Waals surface area contributed by atoms with Crippen molar-refractivity contribution in [2.45, 2.75) is 19.3 Å². The van der Waals surface area contributed by atoms with Crippen molar-refractivity contribution in [3.8, 4) is 56.4 Å². The molecule has 4 nitrogen and oxygen atoms in total. The van der Waals surface area contributed by atoms with Crippen molar-refractivity contribution < 1.29 is 0 Å². The molecule has 1 aliphatic carbocycles. The van der Waals surface area contributed by atoms with Crippen molar-refractivity contribution >= 4 is 43.6 Å². The molecule has 0 N–H and O–H groups in total. The third-order valence-electron chi connectivity index (χ3n) is 12.5. The molecule has 11 aromatic rings. The van der Waals surface area contributed by atoms with E-state index in [0.29, 0.717) is 5.82 Å². The number of fused-ring (bicyclic) bond motifs is 9. The van der Waals surface area contributed by atoms with Gasteiger partial charge in [0.15, 0.2) is 5.82 Å². The van der Waals surface area contributed by atoms with Crippen LogP contribution in [0.1, 0.15) is 25.0 Å². The minimum absolute atomic E-state index is 0.143. The normalized spacial score (nSPS) is 13.1.